The van der Waals surface area contributed by atoms with Gasteiger partial charge in [0, 0.05) is 36.3 Å². The van der Waals surface area contributed by atoms with Crippen LogP contribution in [0.3, 0.4) is 0 Å². The van der Waals surface area contributed by atoms with Gasteiger partial charge in [-0.15, -0.1) is 0 Å². The molecule has 0 aromatic rings. The zero-order chi connectivity index (χ0) is 41.9. The summed E-state index contributed by atoms with van der Waals surface area (Å²) in [5, 5.41) is 0. The van der Waals surface area contributed by atoms with Crippen LogP contribution in [0.1, 0.15) is 238 Å². The van der Waals surface area contributed by atoms with Crippen LogP contribution in [0.4, 0.5) is 0 Å². The van der Waals surface area contributed by atoms with Crippen molar-refractivity contribution in [3.63, 3.8) is 0 Å². The molecule has 7 rings (SSSR count). The highest BCUT2D eigenvalue weighted by atomic mass is 15.3. The Morgan fingerprint density at radius 2 is 0.517 bits per heavy atom. The fourth-order valence-electron chi connectivity index (χ4n) is 16.3. The van der Waals surface area contributed by atoms with Crippen LogP contribution in [0.5, 0.6) is 0 Å². The van der Waals surface area contributed by atoms with Crippen molar-refractivity contribution in [2.75, 3.05) is 0 Å². The van der Waals surface area contributed by atoms with E-state index in [1.54, 1.807) is 0 Å². The number of nitrogens with zero attached hydrogens (tertiary/aromatic N) is 2. The first kappa shape index (κ1) is 45.9. The summed E-state index contributed by atoms with van der Waals surface area (Å²) in [4.78, 5) is 7.00. The van der Waals surface area contributed by atoms with Gasteiger partial charge in [-0.3, -0.25) is 9.80 Å². The average Bonchev–Trinajstić information content (AvgIpc) is 3.15. The predicted molar refractivity (Wildman–Crippen MR) is 252 cm³/mol. The van der Waals surface area contributed by atoms with Gasteiger partial charge < -0.3 is 0 Å². The second-order valence-electron chi connectivity index (χ2n) is 27.9. The van der Waals surface area contributed by atoms with Crippen molar-refractivity contribution in [3.8, 4) is 0 Å². The van der Waals surface area contributed by atoms with Gasteiger partial charge >= 0.3 is 0 Å². The van der Waals surface area contributed by atoms with Crippen LogP contribution in [0.25, 0.3) is 0 Å². The van der Waals surface area contributed by atoms with E-state index >= 15 is 0 Å². The lowest BCUT2D eigenvalue weighted by molar-refractivity contribution is -0.167. The monoisotopic (exact) mass is 803 g/mol. The van der Waals surface area contributed by atoms with E-state index in [1.165, 1.54) is 141 Å². The largest absolute Gasteiger partial charge is 0.294 e. The first-order valence-corrected chi connectivity index (χ1v) is 26.7. The van der Waals surface area contributed by atoms with Gasteiger partial charge in [0.25, 0.3) is 0 Å². The maximum absolute atomic E-state index is 3.50. The standard InChI is InChI=1S/C56H102N2/c1-37-15-25-43(26-16-37)57(45-29-19-39(20-30-45)53(3,4)5)51-47-33-23-42(56(12,13)14)36-50(47)52(48-34-24-41(35-49(48)51)55(9,10)11)58(44-27-17-38(2)18-28-44)46-31-21-40(22-32-46)54(6,7)8/h37-52H,15-36H2,1-14H3. The van der Waals surface area contributed by atoms with Crippen molar-refractivity contribution in [3.05, 3.63) is 0 Å². The second-order valence-corrected chi connectivity index (χ2v) is 27.9. The number of hydrogen-bond donors (Lipinski definition) is 0. The fraction of sp³-hybridized carbons (Fsp3) is 1.00. The highest BCUT2D eigenvalue weighted by molar-refractivity contribution is 5.13. The number of rotatable bonds is 6. The highest BCUT2D eigenvalue weighted by Crippen LogP contribution is 2.61. The van der Waals surface area contributed by atoms with Gasteiger partial charge in [0.2, 0.25) is 0 Å². The van der Waals surface area contributed by atoms with Crippen LogP contribution in [0, 0.1) is 80.8 Å². The van der Waals surface area contributed by atoms with Crippen molar-refractivity contribution >= 4 is 0 Å². The molecule has 7 saturated carbocycles. The summed E-state index contributed by atoms with van der Waals surface area (Å²) < 4.78 is 0. The van der Waals surface area contributed by atoms with Gasteiger partial charge in [0.05, 0.1) is 0 Å². The Bertz CT molecular complexity index is 1170. The molecule has 0 N–H and O–H groups in total. The van der Waals surface area contributed by atoms with Crippen LogP contribution in [0.15, 0.2) is 0 Å². The molecule has 58 heavy (non-hydrogen) atoms. The average molecular weight is 803 g/mol. The Labute approximate surface area is 363 Å². The third-order valence-electron chi connectivity index (χ3n) is 20.3. The molecular formula is C56H102N2. The lowest BCUT2D eigenvalue weighted by Gasteiger charge is -2.66. The summed E-state index contributed by atoms with van der Waals surface area (Å²) in [5.41, 5.74) is 1.72. The van der Waals surface area contributed by atoms with Crippen molar-refractivity contribution in [1.29, 1.82) is 0 Å². The second kappa shape index (κ2) is 17.8. The number of hydrogen-bond acceptors (Lipinski definition) is 2. The highest BCUT2D eigenvalue weighted by Gasteiger charge is 2.60. The fourth-order valence-corrected chi connectivity index (χ4v) is 16.3. The van der Waals surface area contributed by atoms with Gasteiger partial charge in [-0.25, -0.2) is 0 Å². The molecule has 0 bridgehead atoms. The molecule has 0 aromatic heterocycles. The topological polar surface area (TPSA) is 6.48 Å². The van der Waals surface area contributed by atoms with E-state index in [9.17, 15) is 0 Å². The van der Waals surface area contributed by atoms with E-state index in [0.29, 0.717) is 21.7 Å². The summed E-state index contributed by atoms with van der Waals surface area (Å²) in [5.74, 6) is 8.92. The molecule has 7 aliphatic carbocycles. The summed E-state index contributed by atoms with van der Waals surface area (Å²) in [6.07, 6.45) is 32.6. The zero-order valence-corrected chi connectivity index (χ0v) is 41.7. The lowest BCUT2D eigenvalue weighted by atomic mass is 9.49. The Hall–Kier alpha value is -0.0800. The van der Waals surface area contributed by atoms with Gasteiger partial charge in [0.1, 0.15) is 0 Å². The molecular weight excluding hydrogens is 701 g/mol. The van der Waals surface area contributed by atoms with Crippen LogP contribution in [-0.4, -0.2) is 46.1 Å². The molecule has 0 amide bonds. The van der Waals surface area contributed by atoms with E-state index in [0.717, 1.165) is 95.4 Å². The van der Waals surface area contributed by atoms with E-state index in [2.05, 4.69) is 107 Å². The Balaban J connectivity index is 1.33. The van der Waals surface area contributed by atoms with Gasteiger partial charge in [0.15, 0.2) is 0 Å². The first-order valence-electron chi connectivity index (χ1n) is 26.7. The van der Waals surface area contributed by atoms with Crippen LogP contribution in [-0.2, 0) is 0 Å². The molecule has 0 aromatic carbocycles. The first-order chi connectivity index (χ1) is 27.1. The molecule has 0 heterocycles. The predicted octanol–water partition coefficient (Wildman–Crippen LogP) is 15.9. The zero-order valence-electron chi connectivity index (χ0n) is 41.7. The molecule has 0 radical (unpaired) electrons. The molecule has 0 aliphatic heterocycles. The lowest BCUT2D eigenvalue weighted by Crippen LogP contribution is -2.70. The minimum atomic E-state index is 0.409. The molecule has 0 spiro atoms. The summed E-state index contributed by atoms with van der Waals surface area (Å²) in [7, 11) is 0. The maximum Gasteiger partial charge on any atom is 0.0164 e. The minimum Gasteiger partial charge on any atom is -0.294 e. The summed E-state index contributed by atoms with van der Waals surface area (Å²) in [6, 6.07) is 4.93. The van der Waals surface area contributed by atoms with Crippen molar-refractivity contribution in [2.24, 2.45) is 80.8 Å². The molecule has 8 unspecified atom stereocenters. The summed E-state index contributed by atoms with van der Waals surface area (Å²) in [6.45, 7) is 36.2. The van der Waals surface area contributed by atoms with E-state index < -0.39 is 0 Å². The third kappa shape index (κ3) is 9.99. The molecule has 7 aliphatic rings. The Morgan fingerprint density at radius 3 is 0.776 bits per heavy atom. The van der Waals surface area contributed by atoms with Gasteiger partial charge in [-0.05, 0) is 222 Å². The molecule has 7 fully saturated rings. The van der Waals surface area contributed by atoms with Crippen LogP contribution in [0.2, 0.25) is 0 Å². The van der Waals surface area contributed by atoms with Gasteiger partial charge in [-0.1, -0.05) is 96.9 Å². The van der Waals surface area contributed by atoms with E-state index in [4.69, 9.17) is 0 Å². The van der Waals surface area contributed by atoms with Crippen molar-refractivity contribution < 1.29 is 0 Å². The van der Waals surface area contributed by atoms with E-state index in [-0.39, 0.29) is 0 Å². The summed E-state index contributed by atoms with van der Waals surface area (Å²) >= 11 is 0. The SMILES string of the molecule is CC1CCC(N(C2CCC(C(C)(C)C)CC2)C2C3CCC(C(C)(C)C)CC3C(N(C3CCC(C)CC3)C3CCC(C(C)(C)C)CC3)C3CCC(C(C)(C)C)CC32)CC1. The number of fused-ring (bicyclic) bond motifs is 2. The maximum atomic E-state index is 3.50. The Morgan fingerprint density at radius 1 is 0.276 bits per heavy atom. The normalized spacial score (nSPS) is 43.9. The van der Waals surface area contributed by atoms with Crippen molar-refractivity contribution in [2.45, 2.75) is 274 Å². The molecule has 2 heteroatoms. The van der Waals surface area contributed by atoms with E-state index in [1.807, 2.05) is 0 Å². The van der Waals surface area contributed by atoms with Crippen LogP contribution >= 0.6 is 0 Å². The van der Waals surface area contributed by atoms with Crippen LogP contribution < -0.4 is 0 Å². The van der Waals surface area contributed by atoms with Gasteiger partial charge in [-0.2, -0.15) is 0 Å². The molecule has 0 saturated heterocycles. The Kier molecular flexibility index (Phi) is 14.1. The smallest absolute Gasteiger partial charge is 0.0164 e. The third-order valence-corrected chi connectivity index (χ3v) is 20.3. The molecule has 8 atom stereocenters. The molecule has 2 nitrogen and oxygen atoms in total. The molecule has 336 valence electrons. The van der Waals surface area contributed by atoms with Crippen molar-refractivity contribution in [1.82, 2.24) is 9.80 Å². The minimum absolute atomic E-state index is 0.409. The quantitative estimate of drug-likeness (QED) is 0.264.